The van der Waals surface area contributed by atoms with Gasteiger partial charge in [0.2, 0.25) is 5.91 Å². The fourth-order valence-corrected chi connectivity index (χ4v) is 1.71. The van der Waals surface area contributed by atoms with Crippen LogP contribution in [0.15, 0.2) is 30.5 Å². The lowest BCUT2D eigenvalue weighted by Crippen LogP contribution is -2.22. The summed E-state index contributed by atoms with van der Waals surface area (Å²) in [4.78, 5) is 11.7. The molecule has 0 unspecified atom stereocenters. The molecule has 0 saturated heterocycles. The second-order valence-corrected chi connectivity index (χ2v) is 4.18. The second kappa shape index (κ2) is 5.51. The molecule has 0 spiro atoms. The molecule has 2 N–H and O–H groups in total. The fraction of sp³-hybridized carbons (Fsp3) is 0.231. The van der Waals surface area contributed by atoms with Gasteiger partial charge in [0.15, 0.2) is 0 Å². The Kier molecular flexibility index (Phi) is 3.79. The van der Waals surface area contributed by atoms with Crippen LogP contribution in [0.2, 0.25) is 0 Å². The van der Waals surface area contributed by atoms with Gasteiger partial charge in [-0.2, -0.15) is 5.10 Å². The maximum absolute atomic E-state index is 13.3. The first kappa shape index (κ1) is 13.1. The molecule has 2 rings (SSSR count). The van der Waals surface area contributed by atoms with E-state index in [4.69, 9.17) is 0 Å². The fourth-order valence-electron chi connectivity index (χ4n) is 1.71. The van der Waals surface area contributed by atoms with E-state index in [-0.39, 0.29) is 18.1 Å². The van der Waals surface area contributed by atoms with E-state index in [9.17, 15) is 9.18 Å². The number of hydrogen-bond acceptors (Lipinski definition) is 3. The van der Waals surface area contributed by atoms with Gasteiger partial charge in [0, 0.05) is 13.2 Å². The van der Waals surface area contributed by atoms with Gasteiger partial charge in [-0.05, 0) is 19.1 Å². The van der Waals surface area contributed by atoms with Gasteiger partial charge in [-0.1, -0.05) is 12.1 Å². The lowest BCUT2D eigenvalue weighted by Gasteiger charge is -2.07. The van der Waals surface area contributed by atoms with Gasteiger partial charge in [0.05, 0.1) is 23.6 Å². The van der Waals surface area contributed by atoms with Gasteiger partial charge < -0.3 is 10.6 Å². The molecule has 100 valence electrons. The molecule has 6 heteroatoms. The Labute approximate surface area is 110 Å². The van der Waals surface area contributed by atoms with Crippen LogP contribution in [-0.2, 0) is 11.8 Å². The number of nitrogens with one attached hydrogen (secondary N) is 2. The second-order valence-electron chi connectivity index (χ2n) is 4.18. The number of nitrogens with zero attached hydrogens (tertiary/aromatic N) is 2. The Bertz CT molecular complexity index is 594. The average Bonchev–Trinajstić information content (AvgIpc) is 2.68. The summed E-state index contributed by atoms with van der Waals surface area (Å²) in [5.41, 5.74) is 1.77. The van der Waals surface area contributed by atoms with E-state index < -0.39 is 5.82 Å². The molecule has 0 radical (unpaired) electrons. The minimum Gasteiger partial charge on any atom is -0.373 e. The Hall–Kier alpha value is -2.37. The molecule has 0 aliphatic heterocycles. The number of aryl methyl sites for hydroxylation is 2. The molecule has 0 aliphatic carbocycles. The van der Waals surface area contributed by atoms with E-state index in [0.717, 1.165) is 11.4 Å². The number of amides is 1. The standard InChI is InChI=1S/C13H15FN4O/c1-9-12(8-18(2)17-9)15-7-13(19)16-11-6-4-3-5-10(11)14/h3-6,8,15H,7H2,1-2H3,(H,16,19). The van der Waals surface area contributed by atoms with E-state index in [2.05, 4.69) is 15.7 Å². The van der Waals surface area contributed by atoms with Gasteiger partial charge in [-0.3, -0.25) is 9.48 Å². The molecule has 1 aromatic heterocycles. The molecule has 0 bridgehead atoms. The largest absolute Gasteiger partial charge is 0.373 e. The molecule has 0 saturated carbocycles. The van der Waals surface area contributed by atoms with Gasteiger partial charge in [-0.15, -0.1) is 0 Å². The monoisotopic (exact) mass is 262 g/mol. The molecule has 0 atom stereocenters. The predicted octanol–water partition coefficient (Wildman–Crippen LogP) is 1.92. The number of rotatable bonds is 4. The van der Waals surface area contributed by atoms with E-state index in [1.165, 1.54) is 12.1 Å². The highest BCUT2D eigenvalue weighted by atomic mass is 19.1. The molecule has 19 heavy (non-hydrogen) atoms. The summed E-state index contributed by atoms with van der Waals surface area (Å²) in [6.45, 7) is 1.90. The SMILES string of the molecule is Cc1nn(C)cc1NCC(=O)Nc1ccccc1F. The lowest BCUT2D eigenvalue weighted by atomic mass is 10.3. The summed E-state index contributed by atoms with van der Waals surface area (Å²) in [6.07, 6.45) is 1.78. The van der Waals surface area contributed by atoms with Crippen molar-refractivity contribution in [3.63, 3.8) is 0 Å². The molecule has 1 amide bonds. The van der Waals surface area contributed by atoms with Crippen LogP contribution >= 0.6 is 0 Å². The first-order valence-electron chi connectivity index (χ1n) is 5.85. The molecular formula is C13H15FN4O. The average molecular weight is 262 g/mol. The van der Waals surface area contributed by atoms with Crippen LogP contribution in [0, 0.1) is 12.7 Å². The van der Waals surface area contributed by atoms with Crippen LogP contribution in [-0.4, -0.2) is 22.2 Å². The minimum absolute atomic E-state index is 0.0564. The molecule has 0 fully saturated rings. The van der Waals surface area contributed by atoms with Gasteiger partial charge in [0.1, 0.15) is 5.82 Å². The van der Waals surface area contributed by atoms with Gasteiger partial charge in [-0.25, -0.2) is 4.39 Å². The van der Waals surface area contributed by atoms with Crippen LogP contribution in [0.3, 0.4) is 0 Å². The van der Waals surface area contributed by atoms with Crippen molar-refractivity contribution in [2.24, 2.45) is 7.05 Å². The van der Waals surface area contributed by atoms with Crippen molar-refractivity contribution >= 4 is 17.3 Å². The van der Waals surface area contributed by atoms with Crippen molar-refractivity contribution in [1.29, 1.82) is 0 Å². The third-order valence-corrected chi connectivity index (χ3v) is 2.60. The Morgan fingerprint density at radius 3 is 2.74 bits per heavy atom. The van der Waals surface area contributed by atoms with Crippen molar-refractivity contribution in [1.82, 2.24) is 9.78 Å². The van der Waals surface area contributed by atoms with Crippen LogP contribution in [0.5, 0.6) is 0 Å². The van der Waals surface area contributed by atoms with E-state index >= 15 is 0 Å². The lowest BCUT2D eigenvalue weighted by molar-refractivity contribution is -0.114. The number of para-hydroxylation sites is 1. The summed E-state index contributed by atoms with van der Waals surface area (Å²) in [6, 6.07) is 6.05. The zero-order valence-corrected chi connectivity index (χ0v) is 10.8. The van der Waals surface area contributed by atoms with Crippen molar-refractivity contribution < 1.29 is 9.18 Å². The third kappa shape index (κ3) is 3.31. The molecule has 2 aromatic rings. The third-order valence-electron chi connectivity index (χ3n) is 2.60. The zero-order chi connectivity index (χ0) is 13.8. The van der Waals surface area contributed by atoms with E-state index in [1.807, 2.05) is 6.92 Å². The quantitative estimate of drug-likeness (QED) is 0.885. The van der Waals surface area contributed by atoms with Crippen LogP contribution in [0.25, 0.3) is 0 Å². The van der Waals surface area contributed by atoms with Crippen LogP contribution in [0.4, 0.5) is 15.8 Å². The molecule has 1 heterocycles. The topological polar surface area (TPSA) is 59.0 Å². The highest BCUT2D eigenvalue weighted by molar-refractivity contribution is 5.93. The highest BCUT2D eigenvalue weighted by Crippen LogP contribution is 2.13. The molecule has 1 aromatic carbocycles. The Morgan fingerprint density at radius 1 is 1.37 bits per heavy atom. The number of benzene rings is 1. The number of aromatic nitrogens is 2. The summed E-state index contributed by atoms with van der Waals surface area (Å²) < 4.78 is 15.0. The van der Waals surface area contributed by atoms with E-state index in [1.54, 1.807) is 30.1 Å². The van der Waals surface area contributed by atoms with Crippen molar-refractivity contribution in [3.8, 4) is 0 Å². The first-order valence-corrected chi connectivity index (χ1v) is 5.85. The molecule has 0 aliphatic rings. The maximum Gasteiger partial charge on any atom is 0.243 e. The maximum atomic E-state index is 13.3. The van der Waals surface area contributed by atoms with E-state index in [0.29, 0.717) is 0 Å². The number of carbonyl (C=O) groups excluding carboxylic acids is 1. The van der Waals surface area contributed by atoms with Crippen molar-refractivity contribution in [2.45, 2.75) is 6.92 Å². The van der Waals surface area contributed by atoms with Crippen LogP contribution < -0.4 is 10.6 Å². The molecule has 5 nitrogen and oxygen atoms in total. The Morgan fingerprint density at radius 2 is 2.11 bits per heavy atom. The van der Waals surface area contributed by atoms with Crippen molar-refractivity contribution in [3.05, 3.63) is 42.0 Å². The number of carbonyl (C=O) groups is 1. The minimum atomic E-state index is -0.451. The summed E-state index contributed by atoms with van der Waals surface area (Å²) >= 11 is 0. The molecular weight excluding hydrogens is 247 g/mol. The number of halogens is 1. The summed E-state index contributed by atoms with van der Waals surface area (Å²) in [5, 5.41) is 9.61. The normalized spacial score (nSPS) is 10.3. The Balaban J connectivity index is 1.92. The van der Waals surface area contributed by atoms with Gasteiger partial charge in [0.25, 0.3) is 0 Å². The summed E-state index contributed by atoms with van der Waals surface area (Å²) in [7, 11) is 1.80. The number of anilines is 2. The summed E-state index contributed by atoms with van der Waals surface area (Å²) in [5.74, 6) is -0.762. The predicted molar refractivity (Wildman–Crippen MR) is 71.5 cm³/mol. The highest BCUT2D eigenvalue weighted by Gasteiger charge is 2.08. The van der Waals surface area contributed by atoms with Gasteiger partial charge >= 0.3 is 0 Å². The van der Waals surface area contributed by atoms with Crippen molar-refractivity contribution in [2.75, 3.05) is 17.2 Å². The first-order chi connectivity index (χ1) is 9.06. The van der Waals surface area contributed by atoms with Crippen LogP contribution in [0.1, 0.15) is 5.69 Å². The smallest absolute Gasteiger partial charge is 0.243 e. The zero-order valence-electron chi connectivity index (χ0n) is 10.8. The number of hydrogen-bond donors (Lipinski definition) is 2.